The van der Waals surface area contributed by atoms with Crippen molar-refractivity contribution in [3.8, 4) is 0 Å². The number of carbonyl (C=O) groups excluding carboxylic acids is 2. The molecule has 1 aliphatic rings. The van der Waals surface area contributed by atoms with Gasteiger partial charge in [0.2, 0.25) is 15.9 Å². The minimum atomic E-state index is -3.73. The highest BCUT2D eigenvalue weighted by Gasteiger charge is 2.33. The maximum absolute atomic E-state index is 12.9. The molecule has 0 bridgehead atoms. The van der Waals surface area contributed by atoms with Gasteiger partial charge in [0.25, 0.3) is 5.91 Å². The third kappa shape index (κ3) is 5.13. The summed E-state index contributed by atoms with van der Waals surface area (Å²) in [4.78, 5) is 24.3. The largest absolute Gasteiger partial charge is 0.366 e. The van der Waals surface area contributed by atoms with E-state index in [1.165, 1.54) is 10.4 Å². The Labute approximate surface area is 185 Å². The van der Waals surface area contributed by atoms with Crippen molar-refractivity contribution in [1.29, 1.82) is 0 Å². The monoisotopic (exact) mass is 469 g/mol. The fourth-order valence-electron chi connectivity index (χ4n) is 3.39. The molecule has 30 heavy (non-hydrogen) atoms. The minimum absolute atomic E-state index is 0.0367. The Morgan fingerprint density at radius 1 is 1.10 bits per heavy atom. The third-order valence-electron chi connectivity index (χ3n) is 4.99. The molecule has 1 atom stereocenters. The number of nitrogens with one attached hydrogen (secondary N) is 1. The molecule has 10 heteroatoms. The van der Waals surface area contributed by atoms with Gasteiger partial charge in [-0.1, -0.05) is 41.4 Å². The number of nitrogens with two attached hydrogens (primary N) is 1. The Balaban J connectivity index is 1.73. The van der Waals surface area contributed by atoms with Gasteiger partial charge in [-0.15, -0.1) is 0 Å². The van der Waals surface area contributed by atoms with Crippen molar-refractivity contribution in [3.63, 3.8) is 0 Å². The predicted molar refractivity (Wildman–Crippen MR) is 117 cm³/mol. The van der Waals surface area contributed by atoms with E-state index in [1.807, 2.05) is 0 Å². The van der Waals surface area contributed by atoms with Gasteiger partial charge < -0.3 is 11.1 Å². The van der Waals surface area contributed by atoms with Crippen LogP contribution < -0.4 is 11.1 Å². The molecule has 2 amide bonds. The number of sulfonamides is 1. The summed E-state index contributed by atoms with van der Waals surface area (Å²) in [6.07, 6.45) is 1.06. The molecule has 0 spiro atoms. The molecule has 0 aromatic heterocycles. The number of nitrogens with zero attached hydrogens (tertiary/aromatic N) is 1. The van der Waals surface area contributed by atoms with Gasteiger partial charge in [-0.2, -0.15) is 0 Å². The number of halogens is 2. The summed E-state index contributed by atoms with van der Waals surface area (Å²) < 4.78 is 27.2. The van der Waals surface area contributed by atoms with Crippen LogP contribution in [0.4, 0.5) is 5.69 Å². The molecule has 1 heterocycles. The number of amides is 2. The second-order valence-electron chi connectivity index (χ2n) is 7.05. The second-order valence-corrected chi connectivity index (χ2v) is 9.84. The fraction of sp³-hybridized carbons (Fsp3) is 0.300. The molecule has 1 aliphatic heterocycles. The van der Waals surface area contributed by atoms with Crippen molar-refractivity contribution in [2.45, 2.75) is 18.6 Å². The number of carbonyl (C=O) groups is 2. The first-order valence-corrected chi connectivity index (χ1v) is 11.7. The van der Waals surface area contributed by atoms with E-state index in [1.54, 1.807) is 36.4 Å². The van der Waals surface area contributed by atoms with E-state index < -0.39 is 21.8 Å². The predicted octanol–water partition coefficient (Wildman–Crippen LogP) is 3.27. The van der Waals surface area contributed by atoms with E-state index in [9.17, 15) is 18.0 Å². The molecule has 2 aromatic rings. The Morgan fingerprint density at radius 3 is 2.43 bits per heavy atom. The topological polar surface area (TPSA) is 110 Å². The Kier molecular flexibility index (Phi) is 7.02. The standard InChI is InChI=1S/C20H21Cl2N3O4S/c21-16-7-3-8-17(22)15(16)12-30(28,29)25-10-4-5-13(11-25)20(27)24-18-9-2-1-6-14(18)19(23)26/h1-3,6-9,13H,4-5,10-12H2,(H2,23,26)(H,24,27). The molecular formula is C20H21Cl2N3O4S. The summed E-state index contributed by atoms with van der Waals surface area (Å²) in [5.74, 6) is -1.92. The molecule has 1 unspecified atom stereocenters. The van der Waals surface area contributed by atoms with Crippen molar-refractivity contribution in [2.24, 2.45) is 11.7 Å². The molecule has 0 saturated carbocycles. The van der Waals surface area contributed by atoms with Crippen molar-refractivity contribution >= 4 is 50.7 Å². The van der Waals surface area contributed by atoms with Crippen LogP contribution in [-0.2, 0) is 20.6 Å². The first-order valence-electron chi connectivity index (χ1n) is 9.29. The lowest BCUT2D eigenvalue weighted by Crippen LogP contribution is -2.44. The van der Waals surface area contributed by atoms with Gasteiger partial charge in [0.15, 0.2) is 0 Å². The van der Waals surface area contributed by atoms with Crippen LogP contribution in [0.5, 0.6) is 0 Å². The van der Waals surface area contributed by atoms with Crippen LogP contribution in [0.25, 0.3) is 0 Å². The van der Waals surface area contributed by atoms with Crippen LogP contribution in [0.2, 0.25) is 10.0 Å². The number of anilines is 1. The van der Waals surface area contributed by atoms with Crippen LogP contribution in [-0.4, -0.2) is 37.6 Å². The van der Waals surface area contributed by atoms with E-state index >= 15 is 0 Å². The zero-order chi connectivity index (χ0) is 21.9. The van der Waals surface area contributed by atoms with Crippen LogP contribution in [0.1, 0.15) is 28.8 Å². The van der Waals surface area contributed by atoms with Crippen LogP contribution >= 0.6 is 23.2 Å². The summed E-state index contributed by atoms with van der Waals surface area (Å²) in [6, 6.07) is 11.2. The molecule has 3 N–H and O–H groups in total. The minimum Gasteiger partial charge on any atom is -0.366 e. The van der Waals surface area contributed by atoms with Gasteiger partial charge in [-0.05, 0) is 37.1 Å². The summed E-state index contributed by atoms with van der Waals surface area (Å²) in [6.45, 7) is 0.348. The summed E-state index contributed by atoms with van der Waals surface area (Å²) in [7, 11) is -3.73. The molecular weight excluding hydrogens is 449 g/mol. The molecule has 3 rings (SSSR count). The summed E-state index contributed by atoms with van der Waals surface area (Å²) >= 11 is 12.2. The van der Waals surface area contributed by atoms with Gasteiger partial charge in [0.05, 0.1) is 22.9 Å². The summed E-state index contributed by atoms with van der Waals surface area (Å²) in [5, 5.41) is 3.25. The van der Waals surface area contributed by atoms with Crippen molar-refractivity contribution < 1.29 is 18.0 Å². The third-order valence-corrected chi connectivity index (χ3v) is 7.47. The highest BCUT2D eigenvalue weighted by Crippen LogP contribution is 2.29. The first kappa shape index (κ1) is 22.6. The zero-order valence-electron chi connectivity index (χ0n) is 16.0. The van der Waals surface area contributed by atoms with Crippen molar-refractivity contribution in [2.75, 3.05) is 18.4 Å². The number of primary amides is 1. The average molecular weight is 470 g/mol. The zero-order valence-corrected chi connectivity index (χ0v) is 18.3. The first-order chi connectivity index (χ1) is 14.2. The maximum Gasteiger partial charge on any atom is 0.250 e. The van der Waals surface area contributed by atoms with E-state index in [2.05, 4.69) is 5.32 Å². The number of hydrogen-bond acceptors (Lipinski definition) is 4. The number of para-hydroxylation sites is 1. The molecule has 1 saturated heterocycles. The summed E-state index contributed by atoms with van der Waals surface area (Å²) in [5.41, 5.74) is 6.18. The molecule has 0 aliphatic carbocycles. The van der Waals surface area contributed by atoms with Gasteiger partial charge in [-0.3, -0.25) is 9.59 Å². The SMILES string of the molecule is NC(=O)c1ccccc1NC(=O)C1CCCN(S(=O)(=O)Cc2c(Cl)cccc2Cl)C1. The Morgan fingerprint density at radius 2 is 1.77 bits per heavy atom. The average Bonchev–Trinajstić information content (AvgIpc) is 2.71. The maximum atomic E-state index is 12.9. The quantitative estimate of drug-likeness (QED) is 0.675. The number of piperidine rings is 1. The highest BCUT2D eigenvalue weighted by molar-refractivity contribution is 7.88. The fourth-order valence-corrected chi connectivity index (χ4v) is 5.76. The Hall–Kier alpha value is -2.13. The van der Waals surface area contributed by atoms with Gasteiger partial charge in [-0.25, -0.2) is 12.7 Å². The lowest BCUT2D eigenvalue weighted by Gasteiger charge is -2.31. The molecule has 1 fully saturated rings. The van der Waals surface area contributed by atoms with Crippen molar-refractivity contribution in [3.05, 3.63) is 63.6 Å². The molecule has 0 radical (unpaired) electrons. The van der Waals surface area contributed by atoms with Crippen LogP contribution in [0, 0.1) is 5.92 Å². The Bertz CT molecular complexity index is 1060. The molecule has 7 nitrogen and oxygen atoms in total. The highest BCUT2D eigenvalue weighted by atomic mass is 35.5. The lowest BCUT2D eigenvalue weighted by atomic mass is 9.98. The molecule has 160 valence electrons. The van der Waals surface area contributed by atoms with E-state index in [-0.39, 0.29) is 33.8 Å². The lowest BCUT2D eigenvalue weighted by molar-refractivity contribution is -0.120. The van der Waals surface area contributed by atoms with Gasteiger partial charge in [0, 0.05) is 28.7 Å². The van der Waals surface area contributed by atoms with Gasteiger partial charge >= 0.3 is 0 Å². The smallest absolute Gasteiger partial charge is 0.250 e. The number of benzene rings is 2. The number of rotatable bonds is 6. The van der Waals surface area contributed by atoms with E-state index in [0.717, 1.165) is 0 Å². The van der Waals surface area contributed by atoms with Crippen LogP contribution in [0.3, 0.4) is 0 Å². The van der Waals surface area contributed by atoms with E-state index in [4.69, 9.17) is 28.9 Å². The number of hydrogen-bond donors (Lipinski definition) is 2. The van der Waals surface area contributed by atoms with Crippen molar-refractivity contribution in [1.82, 2.24) is 4.31 Å². The normalized spacial score (nSPS) is 17.5. The van der Waals surface area contributed by atoms with E-state index in [0.29, 0.717) is 30.6 Å². The van der Waals surface area contributed by atoms with Gasteiger partial charge in [0.1, 0.15) is 0 Å². The van der Waals surface area contributed by atoms with Crippen LogP contribution in [0.15, 0.2) is 42.5 Å². The molecule has 2 aromatic carbocycles. The second kappa shape index (κ2) is 9.34.